The van der Waals surface area contributed by atoms with Crippen molar-refractivity contribution in [3.63, 3.8) is 0 Å². The minimum absolute atomic E-state index is 0. The molecule has 1 saturated heterocycles. The number of unbranched alkanes of at least 4 members (excludes halogenated alkanes) is 3. The summed E-state index contributed by atoms with van der Waals surface area (Å²) in [5, 5.41) is 3.54. The standard InChI is InChI=1S/C30H41F3N2O.HI/c31-30(32,33)36-27-17-18-29(34-19-7-1-2-8-20-35-21-9-4-10-22-35)28(23-27)26-15-13-25(14-16-26)24-11-5-3-6-12-24;/h3,5-6,11-12,17-18,23,25-26,34H,1-2,4,7-10,13-16,19-22H2;1H. The molecule has 7 heteroatoms. The molecule has 2 fully saturated rings. The van der Waals surface area contributed by atoms with Gasteiger partial charge in [-0.1, -0.05) is 49.6 Å². The summed E-state index contributed by atoms with van der Waals surface area (Å²) in [6.07, 6.45) is 8.15. The molecule has 3 nitrogen and oxygen atoms in total. The van der Waals surface area contributed by atoms with Crippen molar-refractivity contribution in [2.75, 3.05) is 31.5 Å². The number of benzene rings is 2. The van der Waals surface area contributed by atoms with Gasteiger partial charge in [0.2, 0.25) is 0 Å². The number of piperidine rings is 1. The van der Waals surface area contributed by atoms with Gasteiger partial charge in [-0.2, -0.15) is 0 Å². The Morgan fingerprint density at radius 3 is 2.19 bits per heavy atom. The van der Waals surface area contributed by atoms with Crippen LogP contribution >= 0.6 is 24.0 Å². The predicted molar refractivity (Wildman–Crippen MR) is 156 cm³/mol. The lowest BCUT2D eigenvalue weighted by atomic mass is 9.76. The van der Waals surface area contributed by atoms with Gasteiger partial charge in [-0.3, -0.25) is 0 Å². The van der Waals surface area contributed by atoms with Gasteiger partial charge in [0.25, 0.3) is 0 Å². The smallest absolute Gasteiger partial charge is 0.406 e. The van der Waals surface area contributed by atoms with Gasteiger partial charge in [-0.25, -0.2) is 0 Å². The van der Waals surface area contributed by atoms with Crippen LogP contribution < -0.4 is 10.1 Å². The molecule has 0 bridgehead atoms. The topological polar surface area (TPSA) is 24.5 Å². The highest BCUT2D eigenvalue weighted by molar-refractivity contribution is 14.0. The molecule has 1 saturated carbocycles. The van der Waals surface area contributed by atoms with Crippen molar-refractivity contribution in [1.29, 1.82) is 0 Å². The Hall–Kier alpha value is -1.48. The van der Waals surface area contributed by atoms with Gasteiger partial charge in [0.05, 0.1) is 0 Å². The quantitative estimate of drug-likeness (QED) is 0.198. The molecular formula is C30H42F3IN2O. The van der Waals surface area contributed by atoms with E-state index in [0.29, 0.717) is 5.92 Å². The second-order valence-corrected chi connectivity index (χ2v) is 10.5. The van der Waals surface area contributed by atoms with Crippen LogP contribution in [0, 0.1) is 0 Å². The van der Waals surface area contributed by atoms with E-state index in [1.165, 1.54) is 69.8 Å². The zero-order valence-corrected chi connectivity index (χ0v) is 24.1. The van der Waals surface area contributed by atoms with E-state index in [1.54, 1.807) is 12.1 Å². The number of likely N-dealkylation sites (tertiary alicyclic amines) is 1. The SMILES string of the molecule is FC(F)(F)Oc1ccc(NCCCCCCN2CCCCC2)c(C2CCC(c3ccccc3)CC2)c1.I. The molecule has 2 aromatic rings. The van der Waals surface area contributed by atoms with Gasteiger partial charge in [0, 0.05) is 12.2 Å². The zero-order valence-electron chi connectivity index (χ0n) is 21.8. The molecule has 4 rings (SSSR count). The molecule has 37 heavy (non-hydrogen) atoms. The van der Waals surface area contributed by atoms with Crippen LogP contribution in [0.5, 0.6) is 5.75 Å². The predicted octanol–water partition coefficient (Wildman–Crippen LogP) is 9.10. The van der Waals surface area contributed by atoms with Crippen molar-refractivity contribution < 1.29 is 17.9 Å². The van der Waals surface area contributed by atoms with Crippen LogP contribution in [0.3, 0.4) is 0 Å². The lowest BCUT2D eigenvalue weighted by molar-refractivity contribution is -0.274. The Labute approximate surface area is 237 Å². The van der Waals surface area contributed by atoms with E-state index < -0.39 is 6.36 Å². The van der Waals surface area contributed by atoms with Gasteiger partial charge in [-0.05, 0) is 112 Å². The highest BCUT2D eigenvalue weighted by atomic mass is 127. The third-order valence-electron chi connectivity index (χ3n) is 7.86. The summed E-state index contributed by atoms with van der Waals surface area (Å²) in [5.41, 5.74) is 3.29. The van der Waals surface area contributed by atoms with Crippen LogP contribution in [0.4, 0.5) is 18.9 Å². The van der Waals surface area contributed by atoms with E-state index in [4.69, 9.17) is 0 Å². The van der Waals surface area contributed by atoms with Gasteiger partial charge in [0.15, 0.2) is 0 Å². The van der Waals surface area contributed by atoms with E-state index in [0.717, 1.165) is 49.9 Å². The first-order chi connectivity index (χ1) is 17.5. The second-order valence-electron chi connectivity index (χ2n) is 10.5. The van der Waals surface area contributed by atoms with Crippen molar-refractivity contribution in [3.05, 3.63) is 59.7 Å². The minimum Gasteiger partial charge on any atom is -0.406 e. The molecular weight excluding hydrogens is 588 g/mol. The number of nitrogens with zero attached hydrogens (tertiary/aromatic N) is 1. The summed E-state index contributed by atoms with van der Waals surface area (Å²) < 4.78 is 42.9. The number of nitrogens with one attached hydrogen (secondary N) is 1. The van der Waals surface area contributed by atoms with Crippen LogP contribution in [-0.4, -0.2) is 37.4 Å². The molecule has 1 N–H and O–H groups in total. The van der Waals surface area contributed by atoms with Crippen molar-refractivity contribution in [3.8, 4) is 5.75 Å². The van der Waals surface area contributed by atoms with Gasteiger partial charge >= 0.3 is 6.36 Å². The highest BCUT2D eigenvalue weighted by Crippen LogP contribution is 2.43. The number of hydrogen-bond donors (Lipinski definition) is 1. The van der Waals surface area contributed by atoms with E-state index in [1.807, 2.05) is 6.07 Å². The number of rotatable bonds is 11. The Morgan fingerprint density at radius 1 is 0.811 bits per heavy atom. The number of halogens is 4. The lowest BCUT2D eigenvalue weighted by Gasteiger charge is -2.30. The van der Waals surface area contributed by atoms with Gasteiger partial charge in [0.1, 0.15) is 5.75 Å². The summed E-state index contributed by atoms with van der Waals surface area (Å²) in [6, 6.07) is 15.4. The van der Waals surface area contributed by atoms with E-state index in [-0.39, 0.29) is 35.6 Å². The molecule has 1 aliphatic heterocycles. The summed E-state index contributed by atoms with van der Waals surface area (Å²) in [4.78, 5) is 2.59. The number of anilines is 1. The second kappa shape index (κ2) is 15.2. The van der Waals surface area contributed by atoms with Crippen LogP contribution in [0.15, 0.2) is 48.5 Å². The molecule has 0 atom stereocenters. The summed E-state index contributed by atoms with van der Waals surface area (Å²) in [6.45, 7) is 4.57. The fourth-order valence-electron chi connectivity index (χ4n) is 5.92. The molecule has 2 aliphatic rings. The molecule has 1 heterocycles. The molecule has 206 valence electrons. The normalized spacial score (nSPS) is 20.7. The molecule has 0 amide bonds. The first-order valence-electron chi connectivity index (χ1n) is 13.9. The Kier molecular flexibility index (Phi) is 12.3. The summed E-state index contributed by atoms with van der Waals surface area (Å²) >= 11 is 0. The van der Waals surface area contributed by atoms with Crippen LogP contribution in [-0.2, 0) is 0 Å². The third kappa shape index (κ3) is 9.97. The van der Waals surface area contributed by atoms with Gasteiger partial charge < -0.3 is 15.0 Å². The van der Waals surface area contributed by atoms with E-state index >= 15 is 0 Å². The number of hydrogen-bond acceptors (Lipinski definition) is 3. The molecule has 0 spiro atoms. The monoisotopic (exact) mass is 630 g/mol. The molecule has 1 aliphatic carbocycles. The maximum atomic E-state index is 12.9. The minimum atomic E-state index is -4.68. The first kappa shape index (κ1) is 30.1. The largest absolute Gasteiger partial charge is 0.573 e. The van der Waals surface area contributed by atoms with Crippen LogP contribution in [0.25, 0.3) is 0 Å². The zero-order chi connectivity index (χ0) is 25.2. The maximum Gasteiger partial charge on any atom is 0.573 e. The van der Waals surface area contributed by atoms with E-state index in [9.17, 15) is 13.2 Å². The Morgan fingerprint density at radius 2 is 1.49 bits per heavy atom. The van der Waals surface area contributed by atoms with Crippen molar-refractivity contribution in [1.82, 2.24) is 4.90 Å². The summed E-state index contributed by atoms with van der Waals surface area (Å²) in [7, 11) is 0. The van der Waals surface area contributed by atoms with Crippen molar-refractivity contribution in [2.24, 2.45) is 0 Å². The summed E-state index contributed by atoms with van der Waals surface area (Å²) in [5.74, 6) is 0.651. The molecule has 0 unspecified atom stereocenters. The first-order valence-corrected chi connectivity index (χ1v) is 13.9. The Bertz CT molecular complexity index is 911. The molecule has 2 aromatic carbocycles. The lowest BCUT2D eigenvalue weighted by Crippen LogP contribution is -2.30. The molecule has 0 aromatic heterocycles. The average Bonchev–Trinajstić information content (AvgIpc) is 2.89. The average molecular weight is 631 g/mol. The fraction of sp³-hybridized carbons (Fsp3) is 0.600. The third-order valence-corrected chi connectivity index (χ3v) is 7.86. The number of ether oxygens (including phenoxy) is 1. The van der Waals surface area contributed by atoms with Crippen molar-refractivity contribution >= 4 is 29.7 Å². The fourth-order valence-corrected chi connectivity index (χ4v) is 5.92. The van der Waals surface area contributed by atoms with Crippen LogP contribution in [0.2, 0.25) is 0 Å². The number of alkyl halides is 3. The van der Waals surface area contributed by atoms with Crippen molar-refractivity contribution in [2.45, 2.75) is 88.8 Å². The molecule has 0 radical (unpaired) electrons. The highest BCUT2D eigenvalue weighted by Gasteiger charge is 2.32. The van der Waals surface area contributed by atoms with Gasteiger partial charge in [-0.15, -0.1) is 37.1 Å². The van der Waals surface area contributed by atoms with Crippen LogP contribution in [0.1, 0.15) is 93.6 Å². The Balaban J connectivity index is 0.00000380. The maximum absolute atomic E-state index is 12.9. The van der Waals surface area contributed by atoms with E-state index in [2.05, 4.69) is 39.2 Å².